The molecule has 12 heteroatoms. The lowest BCUT2D eigenvalue weighted by Gasteiger charge is -2.40. The van der Waals surface area contributed by atoms with Gasteiger partial charge in [0, 0.05) is 55.4 Å². The van der Waals surface area contributed by atoms with E-state index in [4.69, 9.17) is 0 Å². The summed E-state index contributed by atoms with van der Waals surface area (Å²) in [4.78, 5) is 30.6. The van der Waals surface area contributed by atoms with Gasteiger partial charge in [0.25, 0.3) is 5.91 Å². The number of H-pyrrole nitrogens is 1. The predicted octanol–water partition coefficient (Wildman–Crippen LogP) is 2.63. The third-order valence-corrected chi connectivity index (χ3v) is 5.76. The van der Waals surface area contributed by atoms with E-state index in [1.807, 2.05) is 37.8 Å². The second-order valence-corrected chi connectivity index (χ2v) is 8.56. The first-order valence-electron chi connectivity index (χ1n) is 11.2. The molecular formula is C23H25FN10O. The number of amides is 1. The van der Waals surface area contributed by atoms with E-state index < -0.39 is 5.82 Å². The third kappa shape index (κ3) is 4.81. The number of aromatic amines is 1. The number of carbonyl (C=O) groups excluding carboxylic acids is 1. The molecule has 5 rings (SSSR count). The summed E-state index contributed by atoms with van der Waals surface area (Å²) >= 11 is 0. The lowest BCUT2D eigenvalue weighted by atomic mass is 10.1. The number of rotatable bonds is 5. The predicted molar refractivity (Wildman–Crippen MR) is 127 cm³/mol. The monoisotopic (exact) mass is 476 g/mol. The summed E-state index contributed by atoms with van der Waals surface area (Å²) in [5, 5.41) is 14.2. The summed E-state index contributed by atoms with van der Waals surface area (Å²) in [6, 6.07) is 7.03. The molecule has 11 nitrogen and oxygen atoms in total. The molecule has 1 amide bonds. The van der Waals surface area contributed by atoms with Crippen LogP contribution in [0.2, 0.25) is 0 Å². The van der Waals surface area contributed by atoms with Crippen molar-refractivity contribution in [3.63, 3.8) is 0 Å². The van der Waals surface area contributed by atoms with Crippen LogP contribution in [0.15, 0.2) is 42.9 Å². The van der Waals surface area contributed by atoms with Crippen LogP contribution in [0.4, 0.5) is 22.0 Å². The van der Waals surface area contributed by atoms with Gasteiger partial charge in [0.2, 0.25) is 5.95 Å². The van der Waals surface area contributed by atoms with E-state index in [0.717, 1.165) is 17.6 Å². The van der Waals surface area contributed by atoms with Crippen LogP contribution in [0.3, 0.4) is 0 Å². The number of piperazine rings is 1. The summed E-state index contributed by atoms with van der Waals surface area (Å²) < 4.78 is 14.5. The fourth-order valence-electron chi connectivity index (χ4n) is 4.05. The highest BCUT2D eigenvalue weighted by atomic mass is 19.1. The van der Waals surface area contributed by atoms with E-state index in [1.54, 1.807) is 12.1 Å². The molecule has 1 saturated heterocycles. The normalized spacial score (nSPS) is 15.9. The van der Waals surface area contributed by atoms with Crippen LogP contribution >= 0.6 is 0 Å². The molecule has 4 aromatic heterocycles. The first kappa shape index (κ1) is 22.4. The zero-order valence-electron chi connectivity index (χ0n) is 19.6. The number of hydrogen-bond donors (Lipinski definition) is 2. The van der Waals surface area contributed by atoms with Crippen LogP contribution < -0.4 is 10.2 Å². The molecular weight excluding hydrogens is 451 g/mol. The highest BCUT2D eigenvalue weighted by Crippen LogP contribution is 2.21. The zero-order chi connectivity index (χ0) is 24.5. The van der Waals surface area contributed by atoms with Gasteiger partial charge in [-0.1, -0.05) is 0 Å². The summed E-state index contributed by atoms with van der Waals surface area (Å²) in [6.07, 6.45) is 3.83. The standard InChI is InChI=1S/C23H25FN10O/c1-14-8-19(28-20-9-15(2)30-31-20)29-23(27-14)32-6-7-33(16(3)12-32)22(35)17-4-5-21(25-10-17)34-13-18(24)11-26-34/h4-5,8-11,13,16H,6-7,12H2,1-3H3,(H2,27,28,29,30,31). The van der Waals surface area contributed by atoms with Crippen LogP contribution in [-0.4, -0.2) is 71.4 Å². The molecule has 4 aromatic rings. The molecule has 1 unspecified atom stereocenters. The van der Waals surface area contributed by atoms with Crippen LogP contribution in [0, 0.1) is 19.7 Å². The maximum absolute atomic E-state index is 13.2. The minimum Gasteiger partial charge on any atom is -0.337 e. The van der Waals surface area contributed by atoms with Crippen molar-refractivity contribution in [1.82, 2.24) is 39.8 Å². The van der Waals surface area contributed by atoms with Crippen LogP contribution in [0.1, 0.15) is 28.7 Å². The van der Waals surface area contributed by atoms with Crippen molar-refractivity contribution in [1.29, 1.82) is 0 Å². The quantitative estimate of drug-likeness (QED) is 0.451. The number of aryl methyl sites for hydroxylation is 2. The van der Waals surface area contributed by atoms with Crippen molar-refractivity contribution < 1.29 is 9.18 Å². The molecule has 1 atom stereocenters. The largest absolute Gasteiger partial charge is 0.337 e. The lowest BCUT2D eigenvalue weighted by Crippen LogP contribution is -2.54. The fraction of sp³-hybridized carbons (Fsp3) is 0.304. The Hall–Kier alpha value is -4.35. The molecule has 0 bridgehead atoms. The lowest BCUT2D eigenvalue weighted by molar-refractivity contribution is 0.0673. The Balaban J connectivity index is 1.26. The van der Waals surface area contributed by atoms with Gasteiger partial charge in [-0.05, 0) is 32.9 Å². The minimum absolute atomic E-state index is 0.0642. The van der Waals surface area contributed by atoms with E-state index in [0.29, 0.717) is 48.6 Å². The molecule has 5 heterocycles. The Morgan fingerprint density at radius 1 is 1.14 bits per heavy atom. The molecule has 0 saturated carbocycles. The van der Waals surface area contributed by atoms with E-state index in [2.05, 4.69) is 40.5 Å². The molecule has 0 radical (unpaired) electrons. The maximum Gasteiger partial charge on any atom is 0.255 e. The van der Waals surface area contributed by atoms with Gasteiger partial charge >= 0.3 is 0 Å². The Bertz CT molecular complexity index is 1350. The first-order valence-corrected chi connectivity index (χ1v) is 11.2. The molecule has 0 aromatic carbocycles. The Kier molecular flexibility index (Phi) is 5.85. The Labute approximate surface area is 201 Å². The summed E-state index contributed by atoms with van der Waals surface area (Å²) in [5.74, 6) is 1.84. The SMILES string of the molecule is Cc1cc(Nc2cc(C)[nH]n2)nc(N2CCN(C(=O)c3ccc(-n4cc(F)cn4)nc3)C(C)C2)n1. The highest BCUT2D eigenvalue weighted by molar-refractivity contribution is 5.94. The van der Waals surface area contributed by atoms with Crippen molar-refractivity contribution in [2.24, 2.45) is 0 Å². The number of pyridine rings is 1. The fourth-order valence-corrected chi connectivity index (χ4v) is 4.05. The number of anilines is 3. The van der Waals surface area contributed by atoms with Gasteiger partial charge in [-0.25, -0.2) is 19.0 Å². The second-order valence-electron chi connectivity index (χ2n) is 8.56. The average molecular weight is 477 g/mol. The van der Waals surface area contributed by atoms with E-state index in [-0.39, 0.29) is 11.9 Å². The zero-order valence-corrected chi connectivity index (χ0v) is 19.6. The number of aromatic nitrogens is 7. The molecule has 0 aliphatic carbocycles. The molecule has 1 aliphatic rings. The van der Waals surface area contributed by atoms with E-state index in [9.17, 15) is 9.18 Å². The topological polar surface area (TPSA) is 121 Å². The number of nitrogens with zero attached hydrogens (tertiary/aromatic N) is 8. The number of halogens is 1. The van der Waals surface area contributed by atoms with Crippen LogP contribution in [0.5, 0.6) is 0 Å². The summed E-state index contributed by atoms with van der Waals surface area (Å²) in [5.41, 5.74) is 2.25. The van der Waals surface area contributed by atoms with Crippen LogP contribution in [0.25, 0.3) is 5.82 Å². The van der Waals surface area contributed by atoms with Gasteiger partial charge in [0.15, 0.2) is 17.5 Å². The molecule has 1 fully saturated rings. The van der Waals surface area contributed by atoms with Crippen molar-refractivity contribution in [2.75, 3.05) is 29.9 Å². The summed E-state index contributed by atoms with van der Waals surface area (Å²) in [7, 11) is 0. The smallest absolute Gasteiger partial charge is 0.255 e. The highest BCUT2D eigenvalue weighted by Gasteiger charge is 2.29. The van der Waals surface area contributed by atoms with Crippen molar-refractivity contribution in [2.45, 2.75) is 26.8 Å². The van der Waals surface area contributed by atoms with Gasteiger partial charge in [0.1, 0.15) is 5.82 Å². The van der Waals surface area contributed by atoms with E-state index in [1.165, 1.54) is 17.1 Å². The summed E-state index contributed by atoms with van der Waals surface area (Å²) in [6.45, 7) is 7.56. The number of nitrogens with one attached hydrogen (secondary N) is 2. The molecule has 180 valence electrons. The Morgan fingerprint density at radius 3 is 2.66 bits per heavy atom. The number of hydrogen-bond acceptors (Lipinski definition) is 8. The van der Waals surface area contributed by atoms with Gasteiger partial charge in [-0.2, -0.15) is 15.2 Å². The van der Waals surface area contributed by atoms with Crippen molar-refractivity contribution in [3.05, 3.63) is 65.6 Å². The van der Waals surface area contributed by atoms with Gasteiger partial charge < -0.3 is 15.1 Å². The third-order valence-electron chi connectivity index (χ3n) is 5.76. The second kappa shape index (κ2) is 9.12. The first-order chi connectivity index (χ1) is 16.9. The van der Waals surface area contributed by atoms with Gasteiger partial charge in [0.05, 0.1) is 18.0 Å². The van der Waals surface area contributed by atoms with E-state index >= 15 is 0 Å². The van der Waals surface area contributed by atoms with Gasteiger partial charge in [-0.3, -0.25) is 9.89 Å². The minimum atomic E-state index is -0.449. The Morgan fingerprint density at radius 2 is 2.00 bits per heavy atom. The molecule has 1 aliphatic heterocycles. The van der Waals surface area contributed by atoms with Crippen LogP contribution in [-0.2, 0) is 0 Å². The molecule has 2 N–H and O–H groups in total. The molecule has 35 heavy (non-hydrogen) atoms. The average Bonchev–Trinajstić information content (AvgIpc) is 3.46. The van der Waals surface area contributed by atoms with Crippen molar-refractivity contribution >= 4 is 23.5 Å². The van der Waals surface area contributed by atoms with Gasteiger partial charge in [-0.15, -0.1) is 0 Å². The maximum atomic E-state index is 13.2. The van der Waals surface area contributed by atoms with Crippen molar-refractivity contribution in [3.8, 4) is 5.82 Å². The number of carbonyl (C=O) groups is 1. The molecule has 0 spiro atoms.